The van der Waals surface area contributed by atoms with Crippen LogP contribution in [-0.2, 0) is 14.3 Å². The van der Waals surface area contributed by atoms with Gasteiger partial charge in [-0.05, 0) is 25.7 Å². The van der Waals surface area contributed by atoms with Gasteiger partial charge < -0.3 is 20.5 Å². The van der Waals surface area contributed by atoms with E-state index in [0.717, 1.165) is 51.7 Å². The van der Waals surface area contributed by atoms with E-state index >= 15 is 0 Å². The highest BCUT2D eigenvalue weighted by molar-refractivity contribution is 5.77. The quantitative estimate of drug-likeness (QED) is 0.747. The first kappa shape index (κ1) is 15.7. The maximum absolute atomic E-state index is 12.0. The number of nitrogens with one attached hydrogen (secondary N) is 1. The van der Waals surface area contributed by atoms with Crippen molar-refractivity contribution in [2.24, 2.45) is 5.73 Å². The zero-order valence-electron chi connectivity index (χ0n) is 12.4. The summed E-state index contributed by atoms with van der Waals surface area (Å²) in [5.74, 6) is -0.0195. The molecule has 0 aromatic carbocycles. The summed E-state index contributed by atoms with van der Waals surface area (Å²) in [4.78, 5) is 12.0. The van der Waals surface area contributed by atoms with Crippen molar-refractivity contribution in [3.8, 4) is 0 Å². The number of ether oxygens (including phenoxy) is 2. The molecule has 5 nitrogen and oxygen atoms in total. The number of amides is 1. The third-order valence-electron chi connectivity index (χ3n) is 4.48. The fourth-order valence-corrected chi connectivity index (χ4v) is 3.11. The third kappa shape index (κ3) is 4.72. The van der Waals surface area contributed by atoms with Crippen molar-refractivity contribution in [3.05, 3.63) is 0 Å². The smallest absolute Gasteiger partial charge is 0.246 e. The maximum Gasteiger partial charge on any atom is 0.246 e. The van der Waals surface area contributed by atoms with Crippen molar-refractivity contribution in [2.75, 3.05) is 26.4 Å². The van der Waals surface area contributed by atoms with Gasteiger partial charge in [-0.15, -0.1) is 0 Å². The molecule has 0 aromatic heterocycles. The molecule has 1 saturated carbocycles. The molecule has 0 radical (unpaired) electrons. The number of carbonyl (C=O) groups is 1. The van der Waals surface area contributed by atoms with E-state index in [4.69, 9.17) is 15.2 Å². The van der Waals surface area contributed by atoms with E-state index in [1.54, 1.807) is 0 Å². The van der Waals surface area contributed by atoms with Gasteiger partial charge in [-0.25, -0.2) is 0 Å². The largest absolute Gasteiger partial charge is 0.381 e. The molecule has 0 spiro atoms. The molecule has 0 bridgehead atoms. The predicted molar refractivity (Wildman–Crippen MR) is 77.4 cm³/mol. The zero-order valence-corrected chi connectivity index (χ0v) is 12.4. The molecule has 5 heteroatoms. The number of nitrogens with two attached hydrogens (primary N) is 1. The highest BCUT2D eigenvalue weighted by Gasteiger charge is 2.31. The lowest BCUT2D eigenvalue weighted by Gasteiger charge is -2.32. The zero-order chi connectivity index (χ0) is 14.3. The highest BCUT2D eigenvalue weighted by Crippen LogP contribution is 2.29. The van der Waals surface area contributed by atoms with E-state index in [1.807, 2.05) is 0 Å². The van der Waals surface area contributed by atoms with E-state index < -0.39 is 0 Å². The van der Waals surface area contributed by atoms with Gasteiger partial charge in [0.2, 0.25) is 5.91 Å². The lowest BCUT2D eigenvalue weighted by atomic mass is 9.94. The molecule has 116 valence electrons. The minimum atomic E-state index is -0.274. The average Bonchev–Trinajstić information content (AvgIpc) is 2.72. The molecule has 20 heavy (non-hydrogen) atoms. The van der Waals surface area contributed by atoms with Gasteiger partial charge in [0.25, 0.3) is 0 Å². The van der Waals surface area contributed by atoms with Crippen molar-refractivity contribution in [2.45, 2.75) is 63.0 Å². The van der Waals surface area contributed by atoms with Crippen LogP contribution in [0.3, 0.4) is 0 Å². The Bertz CT molecular complexity index is 295. The van der Waals surface area contributed by atoms with Crippen LogP contribution < -0.4 is 11.1 Å². The van der Waals surface area contributed by atoms with E-state index in [-0.39, 0.29) is 24.2 Å². The van der Waals surface area contributed by atoms with Gasteiger partial charge in [0.1, 0.15) is 6.61 Å². The molecule has 2 fully saturated rings. The van der Waals surface area contributed by atoms with Crippen LogP contribution in [0, 0.1) is 0 Å². The first-order chi connectivity index (χ1) is 9.74. The Morgan fingerprint density at radius 3 is 2.45 bits per heavy atom. The first-order valence-electron chi connectivity index (χ1n) is 7.95. The van der Waals surface area contributed by atoms with Crippen molar-refractivity contribution >= 4 is 5.91 Å². The monoisotopic (exact) mass is 284 g/mol. The topological polar surface area (TPSA) is 73.6 Å². The minimum Gasteiger partial charge on any atom is -0.381 e. The van der Waals surface area contributed by atoms with Crippen LogP contribution in [0.25, 0.3) is 0 Å². The molecule has 1 aliphatic carbocycles. The standard InChI is InChI=1S/C15H28N2O3/c16-12-15(7-3-1-2-4-8-15)20-11-14(18)17-13-5-9-19-10-6-13/h13H,1-12,16H2,(H,17,18). The molecule has 2 aliphatic rings. The summed E-state index contributed by atoms with van der Waals surface area (Å²) in [5.41, 5.74) is 5.63. The van der Waals surface area contributed by atoms with Crippen LogP contribution in [0.1, 0.15) is 51.4 Å². The Morgan fingerprint density at radius 2 is 1.85 bits per heavy atom. The molecular formula is C15H28N2O3. The number of carbonyl (C=O) groups excluding carboxylic acids is 1. The Hall–Kier alpha value is -0.650. The van der Waals surface area contributed by atoms with E-state index in [0.29, 0.717) is 6.54 Å². The molecule has 2 rings (SSSR count). The summed E-state index contributed by atoms with van der Waals surface area (Å²) in [5, 5.41) is 3.03. The van der Waals surface area contributed by atoms with E-state index in [9.17, 15) is 4.79 Å². The van der Waals surface area contributed by atoms with Crippen LogP contribution in [0.5, 0.6) is 0 Å². The average molecular weight is 284 g/mol. The number of hydrogen-bond acceptors (Lipinski definition) is 4. The molecule has 0 aromatic rings. The number of hydrogen-bond donors (Lipinski definition) is 2. The molecule has 1 amide bonds. The lowest BCUT2D eigenvalue weighted by Crippen LogP contribution is -2.45. The van der Waals surface area contributed by atoms with Crippen LogP contribution in [-0.4, -0.2) is 43.9 Å². The Balaban J connectivity index is 1.75. The second kappa shape index (κ2) is 7.96. The van der Waals surface area contributed by atoms with Crippen LogP contribution in [0.2, 0.25) is 0 Å². The van der Waals surface area contributed by atoms with E-state index in [1.165, 1.54) is 12.8 Å². The summed E-state index contributed by atoms with van der Waals surface area (Å²) in [6, 6.07) is 0.239. The predicted octanol–water partition coefficient (Wildman–Crippen LogP) is 1.35. The summed E-state index contributed by atoms with van der Waals surface area (Å²) in [6.45, 7) is 2.11. The van der Waals surface area contributed by atoms with Crippen molar-refractivity contribution < 1.29 is 14.3 Å². The molecule has 0 atom stereocenters. The molecule has 3 N–H and O–H groups in total. The van der Waals surface area contributed by atoms with Crippen LogP contribution >= 0.6 is 0 Å². The lowest BCUT2D eigenvalue weighted by molar-refractivity contribution is -0.135. The molecule has 1 saturated heterocycles. The van der Waals surface area contributed by atoms with Crippen molar-refractivity contribution in [3.63, 3.8) is 0 Å². The molecule has 1 aliphatic heterocycles. The Morgan fingerprint density at radius 1 is 1.20 bits per heavy atom. The van der Waals surface area contributed by atoms with Gasteiger partial charge in [0, 0.05) is 25.8 Å². The molecule has 1 heterocycles. The first-order valence-corrected chi connectivity index (χ1v) is 7.95. The summed E-state index contributed by atoms with van der Waals surface area (Å²) < 4.78 is 11.2. The van der Waals surface area contributed by atoms with Gasteiger partial charge >= 0.3 is 0 Å². The van der Waals surface area contributed by atoms with Crippen LogP contribution in [0.15, 0.2) is 0 Å². The maximum atomic E-state index is 12.0. The van der Waals surface area contributed by atoms with Gasteiger partial charge in [0.15, 0.2) is 0 Å². The summed E-state index contributed by atoms with van der Waals surface area (Å²) in [6.07, 6.45) is 8.56. The third-order valence-corrected chi connectivity index (χ3v) is 4.48. The van der Waals surface area contributed by atoms with E-state index in [2.05, 4.69) is 5.32 Å². The Kier molecular flexibility index (Phi) is 6.26. The van der Waals surface area contributed by atoms with Gasteiger partial charge in [-0.1, -0.05) is 25.7 Å². The van der Waals surface area contributed by atoms with Crippen molar-refractivity contribution in [1.29, 1.82) is 0 Å². The van der Waals surface area contributed by atoms with Gasteiger partial charge in [0.05, 0.1) is 5.60 Å². The fraction of sp³-hybridized carbons (Fsp3) is 0.933. The minimum absolute atomic E-state index is 0.0195. The van der Waals surface area contributed by atoms with Gasteiger partial charge in [-0.3, -0.25) is 4.79 Å². The summed E-state index contributed by atoms with van der Waals surface area (Å²) >= 11 is 0. The second-order valence-corrected chi connectivity index (χ2v) is 6.04. The fourth-order valence-electron chi connectivity index (χ4n) is 3.11. The molecule has 0 unspecified atom stereocenters. The normalized spacial score (nSPS) is 24.1. The SMILES string of the molecule is NCC1(OCC(=O)NC2CCOCC2)CCCCCC1. The second-order valence-electron chi connectivity index (χ2n) is 6.04. The highest BCUT2D eigenvalue weighted by atomic mass is 16.5. The van der Waals surface area contributed by atoms with Gasteiger partial charge in [-0.2, -0.15) is 0 Å². The summed E-state index contributed by atoms with van der Waals surface area (Å²) in [7, 11) is 0. The molecular weight excluding hydrogens is 256 g/mol. The number of rotatable bonds is 5. The van der Waals surface area contributed by atoms with Crippen molar-refractivity contribution in [1.82, 2.24) is 5.32 Å². The van der Waals surface area contributed by atoms with Crippen LogP contribution in [0.4, 0.5) is 0 Å². The Labute approximate surface area is 121 Å².